The first-order chi connectivity index (χ1) is 12.1. The van der Waals surface area contributed by atoms with Gasteiger partial charge >= 0.3 is 0 Å². The van der Waals surface area contributed by atoms with Gasteiger partial charge in [-0.2, -0.15) is 0 Å². The summed E-state index contributed by atoms with van der Waals surface area (Å²) in [7, 11) is 0. The number of aromatic nitrogens is 1. The molecule has 1 aliphatic heterocycles. The van der Waals surface area contributed by atoms with Crippen LogP contribution in [-0.2, 0) is 0 Å². The quantitative estimate of drug-likeness (QED) is 0.736. The molecule has 3 rings (SSSR count). The van der Waals surface area contributed by atoms with E-state index in [1.807, 2.05) is 12.1 Å². The number of hydrogen-bond donors (Lipinski definition) is 0. The van der Waals surface area contributed by atoms with Crippen molar-refractivity contribution in [3.63, 3.8) is 0 Å². The van der Waals surface area contributed by atoms with Crippen molar-refractivity contribution in [3.8, 4) is 0 Å². The highest BCUT2D eigenvalue weighted by atomic mass is 35.5. The highest BCUT2D eigenvalue weighted by Gasteiger charge is 2.18. The minimum absolute atomic E-state index is 0.0731. The van der Waals surface area contributed by atoms with Gasteiger partial charge in [-0.1, -0.05) is 11.6 Å². The molecule has 0 N–H and O–H groups in total. The van der Waals surface area contributed by atoms with Crippen LogP contribution in [0.25, 0.3) is 0 Å². The summed E-state index contributed by atoms with van der Waals surface area (Å²) in [6.07, 6.45) is 2.98. The Morgan fingerprint density at radius 3 is 2.44 bits per heavy atom. The van der Waals surface area contributed by atoms with E-state index in [4.69, 9.17) is 11.6 Å². The summed E-state index contributed by atoms with van der Waals surface area (Å²) in [5, 5.41) is 0.646. The van der Waals surface area contributed by atoms with Crippen molar-refractivity contribution in [1.29, 1.82) is 0 Å². The van der Waals surface area contributed by atoms with E-state index in [0.29, 0.717) is 17.0 Å². The minimum atomic E-state index is -0.315. The molecular weight excluding hydrogens is 341 g/mol. The molecule has 1 aromatic heterocycles. The lowest BCUT2D eigenvalue weighted by atomic mass is 10.1. The molecule has 2 aromatic rings. The van der Waals surface area contributed by atoms with Crippen LogP contribution in [0.5, 0.6) is 0 Å². The molecule has 1 aromatic carbocycles. The number of carbonyl (C=O) groups excluding carboxylic acids is 1. The summed E-state index contributed by atoms with van der Waals surface area (Å²) in [5.74, 6) is 0.712. The molecule has 4 nitrogen and oxygen atoms in total. The van der Waals surface area contributed by atoms with Gasteiger partial charge in [0.1, 0.15) is 11.6 Å². The maximum atomic E-state index is 12.9. The fourth-order valence-corrected chi connectivity index (χ4v) is 3.11. The van der Waals surface area contributed by atoms with Gasteiger partial charge in [-0.05, 0) is 49.4 Å². The Morgan fingerprint density at radius 2 is 1.80 bits per heavy atom. The SMILES string of the molecule is O=C(CCCN1CCN(c2ccc(Cl)cn2)CC1)c1ccc(F)cc1. The summed E-state index contributed by atoms with van der Waals surface area (Å²) < 4.78 is 12.9. The molecule has 0 saturated carbocycles. The van der Waals surface area contributed by atoms with Crippen molar-refractivity contribution in [3.05, 3.63) is 59.0 Å². The molecule has 0 bridgehead atoms. The van der Waals surface area contributed by atoms with Crippen LogP contribution in [0.2, 0.25) is 5.02 Å². The molecule has 1 saturated heterocycles. The van der Waals surface area contributed by atoms with Crippen molar-refractivity contribution < 1.29 is 9.18 Å². The minimum Gasteiger partial charge on any atom is -0.354 e. The number of Topliss-reactive ketones (excluding diaryl/α,β-unsaturated/α-hetero) is 1. The average Bonchev–Trinajstić information content (AvgIpc) is 2.63. The van der Waals surface area contributed by atoms with E-state index in [1.165, 1.54) is 12.1 Å². The number of piperazine rings is 1. The van der Waals surface area contributed by atoms with E-state index in [2.05, 4.69) is 14.8 Å². The topological polar surface area (TPSA) is 36.4 Å². The number of ketones is 1. The molecule has 6 heteroatoms. The Labute approximate surface area is 152 Å². The number of benzene rings is 1. The summed E-state index contributed by atoms with van der Waals surface area (Å²) in [6, 6.07) is 9.57. The van der Waals surface area contributed by atoms with E-state index in [1.54, 1.807) is 18.3 Å². The van der Waals surface area contributed by atoms with Crippen LogP contribution in [0, 0.1) is 5.82 Å². The Hall–Kier alpha value is -1.98. The van der Waals surface area contributed by atoms with E-state index >= 15 is 0 Å². The van der Waals surface area contributed by atoms with Crippen LogP contribution in [0.3, 0.4) is 0 Å². The van der Waals surface area contributed by atoms with Crippen molar-refractivity contribution >= 4 is 23.2 Å². The van der Waals surface area contributed by atoms with Crippen molar-refractivity contribution in [2.75, 3.05) is 37.6 Å². The first-order valence-corrected chi connectivity index (χ1v) is 8.87. The molecular formula is C19H21ClFN3O. The van der Waals surface area contributed by atoms with Crippen LogP contribution in [0.4, 0.5) is 10.2 Å². The van der Waals surface area contributed by atoms with Gasteiger partial charge in [-0.3, -0.25) is 9.69 Å². The van der Waals surface area contributed by atoms with Gasteiger partial charge in [0.2, 0.25) is 0 Å². The normalized spacial score (nSPS) is 15.4. The molecule has 1 fully saturated rings. The van der Waals surface area contributed by atoms with Crippen LogP contribution < -0.4 is 4.90 Å². The number of anilines is 1. The second-order valence-electron chi connectivity index (χ2n) is 6.20. The molecule has 1 aliphatic rings. The zero-order valence-corrected chi connectivity index (χ0v) is 14.8. The zero-order valence-electron chi connectivity index (χ0n) is 14.0. The van der Waals surface area contributed by atoms with Crippen LogP contribution in [-0.4, -0.2) is 48.4 Å². The van der Waals surface area contributed by atoms with E-state index in [9.17, 15) is 9.18 Å². The second kappa shape index (κ2) is 8.41. The fraction of sp³-hybridized carbons (Fsp3) is 0.368. The lowest BCUT2D eigenvalue weighted by Gasteiger charge is -2.35. The first-order valence-electron chi connectivity index (χ1n) is 8.49. The standard InChI is InChI=1S/C19H21ClFN3O/c20-16-5-8-19(22-14-16)24-12-10-23(11-13-24)9-1-2-18(25)15-3-6-17(21)7-4-15/h3-8,14H,1-2,9-13H2. The fourth-order valence-electron chi connectivity index (χ4n) is 3.00. The van der Waals surface area contributed by atoms with Gasteiger partial charge in [0, 0.05) is 44.4 Å². The maximum absolute atomic E-state index is 12.9. The number of halogens is 2. The number of pyridine rings is 1. The highest BCUT2D eigenvalue weighted by Crippen LogP contribution is 2.16. The zero-order chi connectivity index (χ0) is 17.6. The van der Waals surface area contributed by atoms with Gasteiger partial charge in [-0.25, -0.2) is 9.37 Å². The van der Waals surface area contributed by atoms with E-state index < -0.39 is 0 Å². The van der Waals surface area contributed by atoms with E-state index in [-0.39, 0.29) is 11.6 Å². The van der Waals surface area contributed by atoms with Gasteiger partial charge in [0.05, 0.1) is 5.02 Å². The molecule has 25 heavy (non-hydrogen) atoms. The van der Waals surface area contributed by atoms with Crippen LogP contribution in [0.1, 0.15) is 23.2 Å². The van der Waals surface area contributed by atoms with Crippen molar-refractivity contribution in [2.45, 2.75) is 12.8 Å². The predicted molar refractivity (Wildman–Crippen MR) is 97.9 cm³/mol. The molecule has 0 radical (unpaired) electrons. The molecule has 0 spiro atoms. The summed E-state index contributed by atoms with van der Waals surface area (Å²) >= 11 is 5.87. The molecule has 0 amide bonds. The Kier molecular flexibility index (Phi) is 6.00. The third-order valence-corrected chi connectivity index (χ3v) is 4.68. The summed E-state index contributed by atoms with van der Waals surface area (Å²) in [6.45, 7) is 4.64. The first kappa shape index (κ1) is 17.8. The molecule has 0 unspecified atom stereocenters. The summed E-state index contributed by atoms with van der Waals surface area (Å²) in [5.41, 5.74) is 0.583. The smallest absolute Gasteiger partial charge is 0.162 e. The number of rotatable bonds is 6. The molecule has 2 heterocycles. The Balaban J connectivity index is 1.40. The third-order valence-electron chi connectivity index (χ3n) is 4.45. The van der Waals surface area contributed by atoms with Gasteiger partial charge in [-0.15, -0.1) is 0 Å². The number of nitrogens with zero attached hydrogens (tertiary/aromatic N) is 3. The third kappa shape index (κ3) is 5.00. The molecule has 132 valence electrons. The molecule has 0 aliphatic carbocycles. The van der Waals surface area contributed by atoms with Crippen LogP contribution in [0.15, 0.2) is 42.6 Å². The van der Waals surface area contributed by atoms with Crippen LogP contribution >= 0.6 is 11.6 Å². The lowest BCUT2D eigenvalue weighted by Crippen LogP contribution is -2.46. The number of hydrogen-bond acceptors (Lipinski definition) is 4. The second-order valence-corrected chi connectivity index (χ2v) is 6.63. The predicted octanol–water partition coefficient (Wildman–Crippen LogP) is 3.66. The van der Waals surface area contributed by atoms with E-state index in [0.717, 1.165) is 45.0 Å². The largest absolute Gasteiger partial charge is 0.354 e. The molecule has 0 atom stereocenters. The average molecular weight is 362 g/mol. The van der Waals surface area contributed by atoms with Crippen molar-refractivity contribution in [2.24, 2.45) is 0 Å². The van der Waals surface area contributed by atoms with Crippen molar-refractivity contribution in [1.82, 2.24) is 9.88 Å². The monoisotopic (exact) mass is 361 g/mol. The Bertz CT molecular complexity index is 698. The highest BCUT2D eigenvalue weighted by molar-refractivity contribution is 6.30. The lowest BCUT2D eigenvalue weighted by molar-refractivity contribution is 0.0974. The Morgan fingerprint density at radius 1 is 1.08 bits per heavy atom. The van der Waals surface area contributed by atoms with Gasteiger partial charge in [0.15, 0.2) is 5.78 Å². The number of carbonyl (C=O) groups is 1. The maximum Gasteiger partial charge on any atom is 0.162 e. The summed E-state index contributed by atoms with van der Waals surface area (Å²) in [4.78, 5) is 21.1. The van der Waals surface area contributed by atoms with Gasteiger partial charge < -0.3 is 4.90 Å². The van der Waals surface area contributed by atoms with Gasteiger partial charge in [0.25, 0.3) is 0 Å².